The van der Waals surface area contributed by atoms with E-state index in [-0.39, 0.29) is 0 Å². The molecule has 0 aliphatic rings. The van der Waals surface area contributed by atoms with Gasteiger partial charge in [0.15, 0.2) is 0 Å². The van der Waals surface area contributed by atoms with Gasteiger partial charge in [0.2, 0.25) is 0 Å². The Morgan fingerprint density at radius 1 is 1.12 bits per heavy atom. The molecule has 0 radical (unpaired) electrons. The molecule has 0 fully saturated rings. The van der Waals surface area contributed by atoms with Gasteiger partial charge in [0.05, 0.1) is 11.7 Å². The van der Waals surface area contributed by atoms with Crippen LogP contribution in [0.5, 0.6) is 0 Å². The highest BCUT2D eigenvalue weighted by atomic mass is 35.5. The Hall–Kier alpha value is -0.0900. The van der Waals surface area contributed by atoms with Crippen molar-refractivity contribution in [1.82, 2.24) is 0 Å². The molecule has 0 saturated carbocycles. The van der Waals surface area contributed by atoms with Crippen LogP contribution in [-0.4, -0.2) is 11.7 Å². The monoisotopic (exact) mass is 135 g/mol. The van der Waals surface area contributed by atoms with Gasteiger partial charge in [-0.2, -0.15) is 0 Å². The second kappa shape index (κ2) is 3.86. The molecule has 1 unspecified atom stereocenters. The van der Waals surface area contributed by atoms with E-state index in [2.05, 4.69) is 0 Å². The van der Waals surface area contributed by atoms with E-state index in [0.717, 1.165) is 0 Å². The largest absolute Gasteiger partial charge is 0.313 e. The number of alkyl halides is 1. The number of halogens is 1. The smallest absolute Gasteiger partial charge is 0.0987 e. The molecule has 0 saturated heterocycles. The Labute approximate surface area is 53.5 Å². The van der Waals surface area contributed by atoms with Crippen molar-refractivity contribution in [3.05, 3.63) is 12.2 Å². The Balaban J connectivity index is 3.34. The molecule has 0 amide bonds. The minimum atomic E-state index is -0.482. The average Bonchev–Trinajstić information content (AvgIpc) is 1.61. The zero-order chi connectivity index (χ0) is 6.57. The first-order valence-corrected chi connectivity index (χ1v) is 2.65. The van der Waals surface area contributed by atoms with Crippen LogP contribution in [0.1, 0.15) is 0 Å². The average molecular weight is 136 g/mol. The van der Waals surface area contributed by atoms with Crippen molar-refractivity contribution in [2.24, 2.45) is 17.2 Å². The highest BCUT2D eigenvalue weighted by Gasteiger charge is 1.87. The van der Waals surface area contributed by atoms with Crippen LogP contribution in [-0.2, 0) is 0 Å². The highest BCUT2D eigenvalue weighted by molar-refractivity contribution is 6.21. The van der Waals surface area contributed by atoms with Gasteiger partial charge in [0.25, 0.3) is 0 Å². The lowest BCUT2D eigenvalue weighted by molar-refractivity contribution is 0.869. The fourth-order valence-electron chi connectivity index (χ4n) is 0.234. The highest BCUT2D eigenvalue weighted by Crippen LogP contribution is 1.86. The quantitative estimate of drug-likeness (QED) is 0.203. The Kier molecular flexibility index (Phi) is 3.81. The van der Waals surface area contributed by atoms with E-state index in [4.69, 9.17) is 28.8 Å². The van der Waals surface area contributed by atoms with Crippen molar-refractivity contribution < 1.29 is 0 Å². The number of hydrogen-bond acceptors (Lipinski definition) is 3. The van der Waals surface area contributed by atoms with Crippen LogP contribution in [0, 0.1) is 0 Å². The summed E-state index contributed by atoms with van der Waals surface area (Å²) in [6.45, 7) is 0. The van der Waals surface area contributed by atoms with Crippen LogP contribution in [0.15, 0.2) is 12.2 Å². The van der Waals surface area contributed by atoms with Gasteiger partial charge in [0, 0.05) is 0 Å². The maximum Gasteiger partial charge on any atom is 0.0987 e. The van der Waals surface area contributed by atoms with Crippen molar-refractivity contribution in [3.63, 3.8) is 0 Å². The standard InChI is InChI=1S/C4H10ClN3/c5-3(6)1-2-4(7)8/h1-4H,6-8H2/b2-1-. The second-order valence-corrected chi connectivity index (χ2v) is 1.91. The molecule has 4 heteroatoms. The lowest BCUT2D eigenvalue weighted by Gasteiger charge is -1.95. The van der Waals surface area contributed by atoms with Crippen molar-refractivity contribution in [2.45, 2.75) is 11.7 Å². The molecule has 1 atom stereocenters. The maximum absolute atomic E-state index is 5.30. The summed E-state index contributed by atoms with van der Waals surface area (Å²) in [6.07, 6.45) is 2.61. The summed E-state index contributed by atoms with van der Waals surface area (Å²) < 4.78 is 0. The van der Waals surface area contributed by atoms with E-state index < -0.39 is 11.7 Å². The molecule has 3 nitrogen and oxygen atoms in total. The van der Waals surface area contributed by atoms with Crippen molar-refractivity contribution in [2.75, 3.05) is 0 Å². The first kappa shape index (κ1) is 7.91. The van der Waals surface area contributed by atoms with E-state index in [0.29, 0.717) is 0 Å². The molecule has 0 aromatic heterocycles. The van der Waals surface area contributed by atoms with Gasteiger partial charge in [0.1, 0.15) is 0 Å². The minimum Gasteiger partial charge on any atom is -0.313 e. The van der Waals surface area contributed by atoms with E-state index in [1.54, 1.807) is 0 Å². The summed E-state index contributed by atoms with van der Waals surface area (Å²) in [5.74, 6) is 0. The van der Waals surface area contributed by atoms with E-state index in [9.17, 15) is 0 Å². The summed E-state index contributed by atoms with van der Waals surface area (Å²) in [4.78, 5) is 0. The zero-order valence-corrected chi connectivity index (χ0v) is 5.18. The zero-order valence-electron chi connectivity index (χ0n) is 4.42. The van der Waals surface area contributed by atoms with E-state index in [1.165, 1.54) is 12.2 Å². The molecule has 0 rings (SSSR count). The van der Waals surface area contributed by atoms with E-state index in [1.807, 2.05) is 0 Å². The molecule has 0 heterocycles. The molecule has 8 heavy (non-hydrogen) atoms. The molecule has 48 valence electrons. The molecular formula is C4H10ClN3. The summed E-state index contributed by atoms with van der Waals surface area (Å²) in [5.41, 5.74) is 14.9. The number of rotatable bonds is 2. The van der Waals surface area contributed by atoms with Crippen molar-refractivity contribution >= 4 is 11.6 Å². The predicted molar refractivity (Wildman–Crippen MR) is 35.1 cm³/mol. The molecule has 0 aliphatic heterocycles. The van der Waals surface area contributed by atoms with Gasteiger partial charge in [-0.3, -0.25) is 0 Å². The third kappa shape index (κ3) is 5.91. The van der Waals surface area contributed by atoms with E-state index >= 15 is 0 Å². The molecule has 0 aromatic rings. The third-order valence-corrected chi connectivity index (χ3v) is 0.663. The molecule has 0 aromatic carbocycles. The second-order valence-electron chi connectivity index (χ2n) is 1.41. The first-order valence-electron chi connectivity index (χ1n) is 2.22. The number of nitrogens with two attached hydrogens (primary N) is 3. The van der Waals surface area contributed by atoms with Crippen LogP contribution in [0.2, 0.25) is 0 Å². The van der Waals surface area contributed by atoms with Crippen molar-refractivity contribution in [1.29, 1.82) is 0 Å². The molecule has 6 N–H and O–H groups in total. The minimum absolute atomic E-state index is 0.459. The molecule has 0 aliphatic carbocycles. The van der Waals surface area contributed by atoms with Crippen LogP contribution in [0.25, 0.3) is 0 Å². The van der Waals surface area contributed by atoms with Gasteiger partial charge in [-0.15, -0.1) is 11.6 Å². The molecular weight excluding hydrogens is 126 g/mol. The molecule has 0 bridgehead atoms. The molecule has 0 spiro atoms. The SMILES string of the molecule is NC(N)/C=C\C(N)Cl. The number of hydrogen-bond donors (Lipinski definition) is 3. The fourth-order valence-corrected chi connectivity index (χ4v) is 0.318. The topological polar surface area (TPSA) is 78.1 Å². The van der Waals surface area contributed by atoms with Gasteiger partial charge in [-0.1, -0.05) is 12.2 Å². The first-order chi connectivity index (χ1) is 3.63. The van der Waals surface area contributed by atoms with Crippen molar-refractivity contribution in [3.8, 4) is 0 Å². The fraction of sp³-hybridized carbons (Fsp3) is 0.500. The lowest BCUT2D eigenvalue weighted by atomic mass is 10.4. The van der Waals surface area contributed by atoms with Crippen LogP contribution >= 0.6 is 11.6 Å². The van der Waals surface area contributed by atoms with Gasteiger partial charge >= 0.3 is 0 Å². The van der Waals surface area contributed by atoms with Crippen LogP contribution in [0.3, 0.4) is 0 Å². The Bertz CT molecular complexity index is 69.4. The summed E-state index contributed by atoms with van der Waals surface area (Å²) in [5, 5.41) is 0. The van der Waals surface area contributed by atoms with Crippen LogP contribution in [0.4, 0.5) is 0 Å². The van der Waals surface area contributed by atoms with Gasteiger partial charge < -0.3 is 17.2 Å². The third-order valence-electron chi connectivity index (χ3n) is 0.517. The lowest BCUT2D eigenvalue weighted by Crippen LogP contribution is -2.28. The summed E-state index contributed by atoms with van der Waals surface area (Å²) in [7, 11) is 0. The maximum atomic E-state index is 5.30. The van der Waals surface area contributed by atoms with Crippen LogP contribution < -0.4 is 17.2 Å². The predicted octanol–water partition coefficient (Wildman–Crippen LogP) is -0.690. The Morgan fingerprint density at radius 3 is 1.75 bits per heavy atom. The summed E-state index contributed by atoms with van der Waals surface area (Å²) in [6, 6.07) is 0. The Morgan fingerprint density at radius 2 is 1.62 bits per heavy atom. The summed E-state index contributed by atoms with van der Waals surface area (Å²) >= 11 is 5.30. The van der Waals surface area contributed by atoms with Gasteiger partial charge in [-0.25, -0.2) is 0 Å². The normalized spacial score (nSPS) is 15.6. The van der Waals surface area contributed by atoms with Gasteiger partial charge in [-0.05, 0) is 0 Å².